The maximum atomic E-state index is 4.12. The van der Waals surface area contributed by atoms with E-state index in [1.165, 1.54) is 25.0 Å². The molecule has 0 bridgehead atoms. The normalized spacial score (nSPS) is 11.1. The molecule has 0 atom stereocenters. The molecule has 0 aromatic carbocycles. The minimum absolute atomic E-state index is 0.576. The zero-order chi connectivity index (χ0) is 11.1. The van der Waals surface area contributed by atoms with Gasteiger partial charge in [-0.05, 0) is 32.6 Å². The van der Waals surface area contributed by atoms with Gasteiger partial charge >= 0.3 is 0 Å². The van der Waals surface area contributed by atoms with Crippen molar-refractivity contribution in [3.05, 3.63) is 12.3 Å². The van der Waals surface area contributed by atoms with Crippen LogP contribution in [0, 0.1) is 5.92 Å². The van der Waals surface area contributed by atoms with Crippen molar-refractivity contribution in [1.29, 1.82) is 0 Å². The van der Waals surface area contributed by atoms with Gasteiger partial charge in [-0.2, -0.15) is 0 Å². The summed E-state index contributed by atoms with van der Waals surface area (Å²) < 4.78 is 0. The maximum absolute atomic E-state index is 4.12. The predicted molar refractivity (Wildman–Crippen MR) is 65.3 cm³/mol. The second-order valence-electron chi connectivity index (χ2n) is 4.91. The van der Waals surface area contributed by atoms with E-state index in [1.807, 2.05) is 0 Å². The fraction of sp³-hybridized carbons (Fsp3) is 0.846. The van der Waals surface area contributed by atoms with Gasteiger partial charge in [-0.15, -0.1) is 0 Å². The largest absolute Gasteiger partial charge is 0.376 e. The van der Waals surface area contributed by atoms with Crippen molar-refractivity contribution >= 4 is 0 Å². The van der Waals surface area contributed by atoms with E-state index in [4.69, 9.17) is 0 Å². The van der Waals surface area contributed by atoms with Crippen molar-refractivity contribution in [3.8, 4) is 0 Å². The Balaban J connectivity index is 3.54. The first-order valence-electron chi connectivity index (χ1n) is 5.85. The third-order valence-electron chi connectivity index (χ3n) is 2.77. The standard InChI is InChI=1S/C13H27N/c1-11(2)9-7-8-10-13(5)14(6)12(3)4/h11-12H,5,7-10H2,1-4,6H3. The molecule has 1 heteroatoms. The molecule has 0 aromatic heterocycles. The third-order valence-corrected chi connectivity index (χ3v) is 2.77. The highest BCUT2D eigenvalue weighted by atomic mass is 15.1. The van der Waals surface area contributed by atoms with Crippen LogP contribution in [0.1, 0.15) is 53.4 Å². The van der Waals surface area contributed by atoms with Crippen molar-refractivity contribution in [2.75, 3.05) is 7.05 Å². The molecular weight excluding hydrogens is 170 g/mol. The molecule has 0 aliphatic heterocycles. The molecule has 0 aromatic rings. The summed E-state index contributed by atoms with van der Waals surface area (Å²) in [4.78, 5) is 2.27. The Hall–Kier alpha value is -0.460. The lowest BCUT2D eigenvalue weighted by Gasteiger charge is -2.26. The molecule has 0 spiro atoms. The van der Waals surface area contributed by atoms with Crippen molar-refractivity contribution in [1.82, 2.24) is 4.90 Å². The Morgan fingerprint density at radius 3 is 2.14 bits per heavy atom. The summed E-state index contributed by atoms with van der Waals surface area (Å²) in [6, 6.07) is 0.576. The number of unbranched alkanes of at least 4 members (excludes halogenated alkanes) is 1. The lowest BCUT2D eigenvalue weighted by atomic mass is 10.0. The monoisotopic (exact) mass is 197 g/mol. The van der Waals surface area contributed by atoms with Crippen molar-refractivity contribution in [2.45, 2.75) is 59.4 Å². The zero-order valence-electron chi connectivity index (χ0n) is 10.6. The first kappa shape index (κ1) is 13.5. The molecule has 0 fully saturated rings. The van der Waals surface area contributed by atoms with Crippen LogP contribution in [0.15, 0.2) is 12.3 Å². The highest BCUT2D eigenvalue weighted by molar-refractivity contribution is 4.93. The second-order valence-corrected chi connectivity index (χ2v) is 4.91. The SMILES string of the molecule is C=C(CCCCC(C)C)N(C)C(C)C. The molecule has 0 aliphatic rings. The average Bonchev–Trinajstić information content (AvgIpc) is 2.10. The van der Waals surface area contributed by atoms with E-state index < -0.39 is 0 Å². The summed E-state index contributed by atoms with van der Waals surface area (Å²) in [6.45, 7) is 13.1. The average molecular weight is 197 g/mol. The van der Waals surface area contributed by atoms with Crippen LogP contribution < -0.4 is 0 Å². The van der Waals surface area contributed by atoms with Gasteiger partial charge in [0.1, 0.15) is 0 Å². The highest BCUT2D eigenvalue weighted by Gasteiger charge is 2.05. The molecule has 0 unspecified atom stereocenters. The van der Waals surface area contributed by atoms with E-state index >= 15 is 0 Å². The molecule has 0 aliphatic carbocycles. The second kappa shape index (κ2) is 6.92. The molecule has 0 rings (SSSR count). The molecule has 0 heterocycles. The van der Waals surface area contributed by atoms with Crippen molar-refractivity contribution in [2.24, 2.45) is 5.92 Å². The first-order chi connectivity index (χ1) is 6.45. The van der Waals surface area contributed by atoms with Gasteiger partial charge in [0.25, 0.3) is 0 Å². The number of hydrogen-bond donors (Lipinski definition) is 0. The van der Waals surface area contributed by atoms with Crippen LogP contribution in [-0.4, -0.2) is 18.0 Å². The van der Waals surface area contributed by atoms with Gasteiger partial charge in [0.05, 0.1) is 0 Å². The Labute approximate surface area is 90.2 Å². The van der Waals surface area contributed by atoms with E-state index in [9.17, 15) is 0 Å². The molecule has 1 nitrogen and oxygen atoms in total. The minimum Gasteiger partial charge on any atom is -0.376 e. The summed E-state index contributed by atoms with van der Waals surface area (Å²) >= 11 is 0. The number of rotatable bonds is 7. The Kier molecular flexibility index (Phi) is 6.69. The van der Waals surface area contributed by atoms with Crippen LogP contribution in [0.5, 0.6) is 0 Å². The van der Waals surface area contributed by atoms with Gasteiger partial charge in [0.15, 0.2) is 0 Å². The number of nitrogens with zero attached hydrogens (tertiary/aromatic N) is 1. The van der Waals surface area contributed by atoms with Gasteiger partial charge < -0.3 is 4.90 Å². The van der Waals surface area contributed by atoms with Gasteiger partial charge in [0, 0.05) is 18.8 Å². The molecule has 0 radical (unpaired) electrons. The first-order valence-corrected chi connectivity index (χ1v) is 5.85. The number of hydrogen-bond acceptors (Lipinski definition) is 1. The number of allylic oxidation sites excluding steroid dienone is 1. The van der Waals surface area contributed by atoms with Gasteiger partial charge in [-0.3, -0.25) is 0 Å². The van der Waals surface area contributed by atoms with E-state index in [0.29, 0.717) is 6.04 Å². The predicted octanol–water partition coefficient (Wildman–Crippen LogP) is 4.06. The van der Waals surface area contributed by atoms with Crippen LogP contribution >= 0.6 is 0 Å². The summed E-state index contributed by atoms with van der Waals surface area (Å²) in [5.74, 6) is 0.839. The molecule has 0 N–H and O–H groups in total. The molecule has 0 saturated carbocycles. The Bertz CT molecular complexity index is 159. The van der Waals surface area contributed by atoms with Gasteiger partial charge in [-0.1, -0.05) is 33.3 Å². The van der Waals surface area contributed by atoms with Crippen molar-refractivity contribution < 1.29 is 0 Å². The van der Waals surface area contributed by atoms with E-state index in [-0.39, 0.29) is 0 Å². The fourth-order valence-corrected chi connectivity index (χ4v) is 1.42. The van der Waals surface area contributed by atoms with Gasteiger partial charge in [0.2, 0.25) is 0 Å². The van der Waals surface area contributed by atoms with Gasteiger partial charge in [-0.25, -0.2) is 0 Å². The Morgan fingerprint density at radius 1 is 1.14 bits per heavy atom. The quantitative estimate of drug-likeness (QED) is 0.556. The molecule has 0 saturated heterocycles. The van der Waals surface area contributed by atoms with Crippen LogP contribution in [0.3, 0.4) is 0 Å². The summed E-state index contributed by atoms with van der Waals surface area (Å²) in [5.41, 5.74) is 1.28. The Morgan fingerprint density at radius 2 is 1.71 bits per heavy atom. The van der Waals surface area contributed by atoms with Crippen LogP contribution in [0.25, 0.3) is 0 Å². The fourth-order valence-electron chi connectivity index (χ4n) is 1.42. The lowest BCUT2D eigenvalue weighted by Crippen LogP contribution is -2.24. The van der Waals surface area contributed by atoms with Crippen molar-refractivity contribution in [3.63, 3.8) is 0 Å². The smallest absolute Gasteiger partial charge is 0.0226 e. The third kappa shape index (κ3) is 6.06. The van der Waals surface area contributed by atoms with E-state index in [2.05, 4.69) is 46.2 Å². The molecular formula is C13H27N. The minimum atomic E-state index is 0.576. The van der Waals surface area contributed by atoms with E-state index in [0.717, 1.165) is 12.3 Å². The summed E-state index contributed by atoms with van der Waals surface area (Å²) in [5, 5.41) is 0. The van der Waals surface area contributed by atoms with Crippen LogP contribution in [0.2, 0.25) is 0 Å². The molecule has 0 amide bonds. The van der Waals surface area contributed by atoms with E-state index in [1.54, 1.807) is 0 Å². The lowest BCUT2D eigenvalue weighted by molar-refractivity contribution is 0.329. The topological polar surface area (TPSA) is 3.24 Å². The summed E-state index contributed by atoms with van der Waals surface area (Å²) in [7, 11) is 2.13. The molecule has 84 valence electrons. The molecule has 14 heavy (non-hydrogen) atoms. The highest BCUT2D eigenvalue weighted by Crippen LogP contribution is 2.14. The van der Waals surface area contributed by atoms with Crippen LogP contribution in [-0.2, 0) is 0 Å². The maximum Gasteiger partial charge on any atom is 0.0226 e. The van der Waals surface area contributed by atoms with Crippen LogP contribution in [0.4, 0.5) is 0 Å². The zero-order valence-corrected chi connectivity index (χ0v) is 10.6. The summed E-state index contributed by atoms with van der Waals surface area (Å²) in [6.07, 6.45) is 5.12.